The van der Waals surface area contributed by atoms with Crippen LogP contribution in [0.2, 0.25) is 0 Å². The summed E-state index contributed by atoms with van der Waals surface area (Å²) in [6, 6.07) is 0. The van der Waals surface area contributed by atoms with Crippen LogP contribution >= 0.6 is 0 Å². The highest BCUT2D eigenvalue weighted by atomic mass is 16.5. The van der Waals surface area contributed by atoms with Crippen molar-refractivity contribution in [2.45, 2.75) is 52.6 Å². The maximum Gasteiger partial charge on any atom is 0.313 e. The SMILES string of the molecule is C=C1CC/C=C(\C)C[C@H](/C(=C/C=C/C(C)(C)O)COC(C)=O)[C@H]1C(=O)OC. The molecular weight excluding hydrogens is 344 g/mol. The Balaban J connectivity index is 3.36. The van der Waals surface area contributed by atoms with Crippen molar-refractivity contribution in [3.05, 3.63) is 47.6 Å². The van der Waals surface area contributed by atoms with Gasteiger partial charge in [-0.15, -0.1) is 0 Å². The second-order valence-corrected chi connectivity index (χ2v) is 7.59. The van der Waals surface area contributed by atoms with E-state index in [1.807, 2.05) is 13.0 Å². The summed E-state index contributed by atoms with van der Waals surface area (Å²) in [5.74, 6) is -1.46. The third-order valence-corrected chi connectivity index (χ3v) is 4.53. The quantitative estimate of drug-likeness (QED) is 0.432. The van der Waals surface area contributed by atoms with Gasteiger partial charge in [0.05, 0.1) is 18.6 Å². The van der Waals surface area contributed by atoms with Crippen molar-refractivity contribution in [3.63, 3.8) is 0 Å². The van der Waals surface area contributed by atoms with Crippen molar-refractivity contribution in [2.24, 2.45) is 11.8 Å². The molecule has 1 rings (SSSR count). The predicted molar refractivity (Wildman–Crippen MR) is 106 cm³/mol. The van der Waals surface area contributed by atoms with Crippen LogP contribution in [0, 0.1) is 11.8 Å². The van der Waals surface area contributed by atoms with E-state index in [-0.39, 0.29) is 24.5 Å². The third kappa shape index (κ3) is 7.95. The molecule has 0 fully saturated rings. The summed E-state index contributed by atoms with van der Waals surface area (Å²) < 4.78 is 10.3. The molecule has 0 aromatic rings. The maximum atomic E-state index is 12.5. The molecule has 5 heteroatoms. The second-order valence-electron chi connectivity index (χ2n) is 7.59. The van der Waals surface area contributed by atoms with Crippen LogP contribution in [0.4, 0.5) is 0 Å². The lowest BCUT2D eigenvalue weighted by molar-refractivity contribution is -0.145. The summed E-state index contributed by atoms with van der Waals surface area (Å²) in [7, 11) is 1.37. The van der Waals surface area contributed by atoms with Gasteiger partial charge in [-0.05, 0) is 45.6 Å². The van der Waals surface area contributed by atoms with Crippen LogP contribution in [-0.4, -0.2) is 36.4 Å². The van der Waals surface area contributed by atoms with Crippen molar-refractivity contribution >= 4 is 11.9 Å². The van der Waals surface area contributed by atoms with Crippen LogP contribution in [0.5, 0.6) is 0 Å². The number of hydrogen-bond acceptors (Lipinski definition) is 5. The molecule has 0 saturated heterocycles. The van der Waals surface area contributed by atoms with E-state index in [9.17, 15) is 14.7 Å². The molecule has 0 spiro atoms. The molecule has 0 aromatic carbocycles. The molecule has 1 N–H and O–H groups in total. The zero-order valence-electron chi connectivity index (χ0n) is 17.1. The highest BCUT2D eigenvalue weighted by molar-refractivity contribution is 5.76. The zero-order chi connectivity index (χ0) is 20.6. The Bertz CT molecular complexity index is 646. The Hall–Kier alpha value is -2.14. The van der Waals surface area contributed by atoms with Crippen LogP contribution in [0.25, 0.3) is 0 Å². The van der Waals surface area contributed by atoms with Crippen molar-refractivity contribution in [3.8, 4) is 0 Å². The first-order chi connectivity index (χ1) is 12.5. The smallest absolute Gasteiger partial charge is 0.313 e. The number of aliphatic hydroxyl groups is 1. The molecule has 0 aromatic heterocycles. The minimum Gasteiger partial charge on any atom is -0.469 e. The van der Waals surface area contributed by atoms with E-state index in [1.54, 1.807) is 26.0 Å². The van der Waals surface area contributed by atoms with Gasteiger partial charge in [0.25, 0.3) is 0 Å². The maximum absolute atomic E-state index is 12.5. The number of rotatable bonds is 6. The standard InChI is InChI=1S/C22H32O5/c1-15-9-7-10-16(2)20(21(24)26-6)19(13-15)18(14-27-17(3)23)11-8-12-22(4,5)25/h8-9,11-12,19-20,25H,2,7,10,13-14H2,1,3-6H3/b12-8+,15-9+,18-11+/t19-,20+/m1/s1. The number of methoxy groups -OCH3 is 1. The van der Waals surface area contributed by atoms with Crippen LogP contribution in [0.3, 0.4) is 0 Å². The number of carbonyl (C=O) groups excluding carboxylic acids is 2. The summed E-state index contributed by atoms with van der Waals surface area (Å²) in [6.07, 6.45) is 9.52. The minimum absolute atomic E-state index is 0.0737. The average Bonchev–Trinajstić information content (AvgIpc) is 2.54. The van der Waals surface area contributed by atoms with Gasteiger partial charge in [-0.25, -0.2) is 0 Å². The van der Waals surface area contributed by atoms with Gasteiger partial charge in [0.2, 0.25) is 0 Å². The van der Waals surface area contributed by atoms with Gasteiger partial charge in [0.15, 0.2) is 0 Å². The number of esters is 2. The van der Waals surface area contributed by atoms with Gasteiger partial charge in [-0.2, -0.15) is 0 Å². The predicted octanol–water partition coefficient (Wildman–Crippen LogP) is 3.89. The van der Waals surface area contributed by atoms with E-state index in [2.05, 4.69) is 12.7 Å². The monoisotopic (exact) mass is 376 g/mol. The molecule has 0 heterocycles. The van der Waals surface area contributed by atoms with E-state index >= 15 is 0 Å². The highest BCUT2D eigenvalue weighted by Gasteiger charge is 2.34. The summed E-state index contributed by atoms with van der Waals surface area (Å²) in [5, 5.41) is 9.90. The number of allylic oxidation sites excluding steroid dienone is 4. The molecule has 150 valence electrons. The van der Waals surface area contributed by atoms with Crippen LogP contribution < -0.4 is 0 Å². The molecular formula is C22H32O5. The fourth-order valence-corrected chi connectivity index (χ4v) is 3.17. The molecule has 5 nitrogen and oxygen atoms in total. The molecule has 27 heavy (non-hydrogen) atoms. The molecule has 1 aliphatic carbocycles. The molecule has 1 aliphatic rings. The van der Waals surface area contributed by atoms with Gasteiger partial charge in [0, 0.05) is 12.8 Å². The van der Waals surface area contributed by atoms with E-state index in [0.29, 0.717) is 12.8 Å². The van der Waals surface area contributed by atoms with Crippen LogP contribution in [-0.2, 0) is 19.1 Å². The molecule has 0 aliphatic heterocycles. The summed E-state index contributed by atoms with van der Waals surface area (Å²) >= 11 is 0. The second kappa shape index (κ2) is 10.3. The third-order valence-electron chi connectivity index (χ3n) is 4.53. The first-order valence-electron chi connectivity index (χ1n) is 9.20. The van der Waals surface area contributed by atoms with Crippen molar-refractivity contribution in [1.82, 2.24) is 0 Å². The summed E-state index contributed by atoms with van der Waals surface area (Å²) in [4.78, 5) is 23.9. The van der Waals surface area contributed by atoms with Crippen LogP contribution in [0.1, 0.15) is 47.0 Å². The van der Waals surface area contributed by atoms with E-state index < -0.39 is 11.5 Å². The fourth-order valence-electron chi connectivity index (χ4n) is 3.17. The largest absolute Gasteiger partial charge is 0.469 e. The van der Waals surface area contributed by atoms with Crippen molar-refractivity contribution in [1.29, 1.82) is 0 Å². The minimum atomic E-state index is -0.967. The summed E-state index contributed by atoms with van der Waals surface area (Å²) in [5.41, 5.74) is 1.81. The molecule has 2 atom stereocenters. The summed E-state index contributed by atoms with van der Waals surface area (Å²) in [6.45, 7) is 10.9. The first kappa shape index (κ1) is 22.9. The Kier molecular flexibility index (Phi) is 8.70. The lowest BCUT2D eigenvalue weighted by atomic mass is 9.75. The van der Waals surface area contributed by atoms with Gasteiger partial charge in [-0.1, -0.05) is 42.0 Å². The molecule has 0 bridgehead atoms. The number of carbonyl (C=O) groups is 2. The van der Waals surface area contributed by atoms with Gasteiger partial charge in [0.1, 0.15) is 6.61 Å². The fraction of sp³-hybridized carbons (Fsp3) is 0.545. The lowest BCUT2D eigenvalue weighted by Gasteiger charge is -2.31. The lowest BCUT2D eigenvalue weighted by Crippen LogP contribution is -2.30. The first-order valence-corrected chi connectivity index (χ1v) is 9.20. The van der Waals surface area contributed by atoms with Crippen molar-refractivity contribution in [2.75, 3.05) is 13.7 Å². The number of ether oxygens (including phenoxy) is 2. The van der Waals surface area contributed by atoms with Gasteiger partial charge < -0.3 is 14.6 Å². The van der Waals surface area contributed by atoms with Gasteiger partial charge >= 0.3 is 11.9 Å². The Morgan fingerprint density at radius 3 is 2.63 bits per heavy atom. The van der Waals surface area contributed by atoms with Crippen molar-refractivity contribution < 1.29 is 24.2 Å². The molecule has 0 unspecified atom stereocenters. The van der Waals surface area contributed by atoms with E-state index in [0.717, 1.165) is 17.6 Å². The molecule has 0 amide bonds. The zero-order valence-corrected chi connectivity index (χ0v) is 17.1. The normalized spacial score (nSPS) is 24.0. The van der Waals surface area contributed by atoms with Gasteiger partial charge in [-0.3, -0.25) is 9.59 Å². The Morgan fingerprint density at radius 1 is 1.41 bits per heavy atom. The molecule has 0 saturated carbocycles. The molecule has 0 radical (unpaired) electrons. The topological polar surface area (TPSA) is 72.8 Å². The van der Waals surface area contributed by atoms with Crippen LogP contribution in [0.15, 0.2) is 47.6 Å². The number of hydrogen-bond donors (Lipinski definition) is 1. The average molecular weight is 376 g/mol. The van der Waals surface area contributed by atoms with E-state index in [4.69, 9.17) is 9.47 Å². The highest BCUT2D eigenvalue weighted by Crippen LogP contribution is 2.37. The van der Waals surface area contributed by atoms with E-state index in [1.165, 1.54) is 19.6 Å². The Morgan fingerprint density at radius 2 is 2.07 bits per heavy atom. The Labute approximate surface area is 162 Å².